The zero-order chi connectivity index (χ0) is 27.5. The van der Waals surface area contributed by atoms with Gasteiger partial charge in [0.2, 0.25) is 0 Å². The van der Waals surface area contributed by atoms with Crippen molar-refractivity contribution in [2.45, 2.75) is 59.3 Å². The van der Waals surface area contributed by atoms with Crippen LogP contribution in [0, 0.1) is 12.3 Å². The number of aromatic nitrogens is 3. The summed E-state index contributed by atoms with van der Waals surface area (Å²) < 4.78 is 0. The minimum Gasteiger partial charge on any atom is -0.395 e. The average Bonchev–Trinajstić information content (AvgIpc) is 2.98. The van der Waals surface area contributed by atoms with E-state index in [4.69, 9.17) is 19.6 Å². The lowest BCUT2D eigenvalue weighted by Crippen LogP contribution is -2.25. The second kappa shape index (κ2) is 11.2. The van der Waals surface area contributed by atoms with Crippen molar-refractivity contribution in [3.63, 3.8) is 0 Å². The summed E-state index contributed by atoms with van der Waals surface area (Å²) in [6, 6.07) is 18.4. The molecule has 0 spiro atoms. The van der Waals surface area contributed by atoms with E-state index in [1.54, 1.807) is 0 Å². The van der Waals surface area contributed by atoms with Crippen LogP contribution in [0.25, 0.3) is 22.3 Å². The van der Waals surface area contributed by atoms with Crippen molar-refractivity contribution in [2.24, 2.45) is 15.7 Å². The number of fused-ring (bicyclic) bond motifs is 3. The van der Waals surface area contributed by atoms with Gasteiger partial charge in [0.15, 0.2) is 5.82 Å². The van der Waals surface area contributed by atoms with Crippen molar-refractivity contribution in [1.29, 1.82) is 0 Å². The molecule has 0 saturated heterocycles. The van der Waals surface area contributed by atoms with E-state index in [1.807, 2.05) is 42.6 Å². The number of aryl methyl sites for hydroxylation is 2. The van der Waals surface area contributed by atoms with Crippen LogP contribution in [0.4, 0.5) is 0 Å². The number of nitrogens with zero attached hydrogens (tertiary/aromatic N) is 5. The standard InChI is InChI=1S/C33H35N5O2/c1-22-25-14-7-8-16-27(25)35-31-26(22)15-10-18-29(31)38-40-21-33(2,3)20-39-37-28-17-9-13-24-19-34-32(36-30(24)28)23-11-5-4-6-12-23/h4-8,11-12,14,16,19H,9-10,13,15,17-18,20-21H2,1-3H3/b37-28+,38-29+. The Hall–Kier alpha value is -4.13. The van der Waals surface area contributed by atoms with Crippen LogP contribution in [0.5, 0.6) is 0 Å². The molecule has 40 heavy (non-hydrogen) atoms. The summed E-state index contributed by atoms with van der Waals surface area (Å²) in [7, 11) is 0. The zero-order valence-electron chi connectivity index (χ0n) is 23.5. The van der Waals surface area contributed by atoms with Crippen molar-refractivity contribution in [3.8, 4) is 11.4 Å². The van der Waals surface area contributed by atoms with Crippen molar-refractivity contribution in [2.75, 3.05) is 13.2 Å². The molecule has 0 radical (unpaired) electrons. The van der Waals surface area contributed by atoms with E-state index < -0.39 is 0 Å². The SMILES string of the molecule is Cc1c2c(nc3ccccc13)/C(=N/OCC(C)(C)CO/N=C1\CCCc3cnc(-c4ccccc4)nc31)CCC2. The molecule has 204 valence electrons. The lowest BCUT2D eigenvalue weighted by atomic mass is 9.89. The summed E-state index contributed by atoms with van der Waals surface area (Å²) in [4.78, 5) is 26.2. The first-order valence-corrected chi connectivity index (χ1v) is 14.2. The fourth-order valence-electron chi connectivity index (χ4n) is 5.43. The molecule has 2 aliphatic rings. The molecule has 0 saturated carbocycles. The maximum atomic E-state index is 5.91. The predicted octanol–water partition coefficient (Wildman–Crippen LogP) is 6.84. The van der Waals surface area contributed by atoms with Gasteiger partial charge in [-0.25, -0.2) is 15.0 Å². The van der Waals surface area contributed by atoms with Crippen LogP contribution in [0.2, 0.25) is 0 Å². The number of hydrogen-bond donors (Lipinski definition) is 0. The Bertz CT molecular complexity index is 1590. The Morgan fingerprint density at radius 2 is 1.45 bits per heavy atom. The number of oxime groups is 2. The van der Waals surface area contributed by atoms with E-state index in [0.29, 0.717) is 19.0 Å². The van der Waals surface area contributed by atoms with Crippen LogP contribution in [0.15, 0.2) is 71.1 Å². The number of rotatable bonds is 7. The third-order valence-electron chi connectivity index (χ3n) is 7.68. The monoisotopic (exact) mass is 533 g/mol. The molecule has 7 nitrogen and oxygen atoms in total. The third-order valence-corrected chi connectivity index (χ3v) is 7.68. The van der Waals surface area contributed by atoms with Gasteiger partial charge in [-0.1, -0.05) is 72.7 Å². The largest absolute Gasteiger partial charge is 0.395 e. The molecule has 2 heterocycles. The Morgan fingerprint density at radius 1 is 0.775 bits per heavy atom. The zero-order valence-corrected chi connectivity index (χ0v) is 23.5. The maximum Gasteiger partial charge on any atom is 0.159 e. The van der Waals surface area contributed by atoms with Gasteiger partial charge < -0.3 is 9.68 Å². The molecule has 0 unspecified atom stereocenters. The first-order chi connectivity index (χ1) is 19.5. The molecular formula is C33H35N5O2. The van der Waals surface area contributed by atoms with Crippen LogP contribution in [0.1, 0.15) is 67.6 Å². The summed E-state index contributed by atoms with van der Waals surface area (Å²) in [6.45, 7) is 7.21. The molecule has 2 aromatic heterocycles. The van der Waals surface area contributed by atoms with Gasteiger partial charge in [-0.05, 0) is 68.2 Å². The minimum absolute atomic E-state index is 0.281. The topological polar surface area (TPSA) is 81.9 Å². The molecule has 4 aromatic rings. The quantitative estimate of drug-likeness (QED) is 0.243. The smallest absolute Gasteiger partial charge is 0.159 e. The molecule has 2 aromatic carbocycles. The molecule has 0 amide bonds. The summed E-state index contributed by atoms with van der Waals surface area (Å²) >= 11 is 0. The fraction of sp³-hybridized carbons (Fsp3) is 0.364. The summed E-state index contributed by atoms with van der Waals surface area (Å²) in [6.07, 6.45) is 7.68. The van der Waals surface area contributed by atoms with Crippen LogP contribution < -0.4 is 0 Å². The fourth-order valence-corrected chi connectivity index (χ4v) is 5.43. The number of pyridine rings is 1. The Kier molecular flexibility index (Phi) is 7.29. The summed E-state index contributed by atoms with van der Waals surface area (Å²) in [5.41, 5.74) is 9.12. The Labute approximate surface area is 235 Å². The van der Waals surface area contributed by atoms with Gasteiger partial charge in [0.1, 0.15) is 24.6 Å². The lowest BCUT2D eigenvalue weighted by molar-refractivity contribution is -0.000310. The highest BCUT2D eigenvalue weighted by Gasteiger charge is 2.25. The molecule has 2 aliphatic carbocycles. The van der Waals surface area contributed by atoms with Crippen molar-refractivity contribution in [1.82, 2.24) is 15.0 Å². The van der Waals surface area contributed by atoms with Gasteiger partial charge in [-0.2, -0.15) is 0 Å². The summed E-state index contributed by atoms with van der Waals surface area (Å²) in [5.74, 6) is 0.712. The van der Waals surface area contributed by atoms with Gasteiger partial charge in [-0.15, -0.1) is 0 Å². The molecular weight excluding hydrogens is 498 g/mol. The van der Waals surface area contributed by atoms with Gasteiger partial charge in [0.05, 0.1) is 16.9 Å². The average molecular weight is 534 g/mol. The highest BCUT2D eigenvalue weighted by molar-refractivity contribution is 6.03. The van der Waals surface area contributed by atoms with E-state index in [1.165, 1.54) is 16.5 Å². The van der Waals surface area contributed by atoms with Crippen LogP contribution in [-0.2, 0) is 22.5 Å². The van der Waals surface area contributed by atoms with Crippen molar-refractivity contribution in [3.05, 3.63) is 88.9 Å². The molecule has 0 fully saturated rings. The van der Waals surface area contributed by atoms with Crippen LogP contribution in [-0.4, -0.2) is 39.6 Å². The number of benzene rings is 2. The molecule has 6 rings (SSSR count). The van der Waals surface area contributed by atoms with Gasteiger partial charge in [-0.3, -0.25) is 0 Å². The highest BCUT2D eigenvalue weighted by Crippen LogP contribution is 2.29. The number of para-hydroxylation sites is 1. The van der Waals surface area contributed by atoms with E-state index in [9.17, 15) is 0 Å². The second-order valence-corrected chi connectivity index (χ2v) is 11.5. The molecule has 0 bridgehead atoms. The lowest BCUT2D eigenvalue weighted by Gasteiger charge is -2.23. The normalized spacial score (nSPS) is 17.1. The van der Waals surface area contributed by atoms with E-state index in [2.05, 4.69) is 54.3 Å². The van der Waals surface area contributed by atoms with Gasteiger partial charge >= 0.3 is 0 Å². The van der Waals surface area contributed by atoms with Crippen molar-refractivity contribution < 1.29 is 9.68 Å². The van der Waals surface area contributed by atoms with Crippen LogP contribution >= 0.6 is 0 Å². The molecule has 0 N–H and O–H groups in total. The molecule has 0 atom stereocenters. The Balaban J connectivity index is 1.12. The van der Waals surface area contributed by atoms with E-state index in [0.717, 1.165) is 78.0 Å². The second-order valence-electron chi connectivity index (χ2n) is 11.5. The maximum absolute atomic E-state index is 5.91. The molecule has 7 heteroatoms. The minimum atomic E-state index is -0.281. The third kappa shape index (κ3) is 5.46. The Morgan fingerprint density at radius 3 is 2.23 bits per heavy atom. The van der Waals surface area contributed by atoms with Gasteiger partial charge in [0.25, 0.3) is 0 Å². The first kappa shape index (κ1) is 26.1. The highest BCUT2D eigenvalue weighted by atomic mass is 16.6. The van der Waals surface area contributed by atoms with Crippen LogP contribution in [0.3, 0.4) is 0 Å². The van der Waals surface area contributed by atoms with Gasteiger partial charge in [0, 0.05) is 22.6 Å². The predicted molar refractivity (Wildman–Crippen MR) is 159 cm³/mol. The van der Waals surface area contributed by atoms with Crippen molar-refractivity contribution >= 4 is 22.3 Å². The van der Waals surface area contributed by atoms with E-state index in [-0.39, 0.29) is 5.41 Å². The molecule has 0 aliphatic heterocycles. The first-order valence-electron chi connectivity index (χ1n) is 14.2. The van der Waals surface area contributed by atoms with E-state index >= 15 is 0 Å². The number of hydrogen-bond acceptors (Lipinski definition) is 7. The summed E-state index contributed by atoms with van der Waals surface area (Å²) in [5, 5.41) is 10.3.